The Morgan fingerprint density at radius 1 is 1.07 bits per heavy atom. The van der Waals surface area contributed by atoms with Crippen LogP contribution in [0.5, 0.6) is 0 Å². The number of nitrogens with one attached hydrogen (secondary N) is 2. The number of piperidine rings is 1. The third-order valence-electron chi connectivity index (χ3n) is 5.35. The van der Waals surface area contributed by atoms with E-state index in [9.17, 15) is 9.59 Å². The molecule has 6 nitrogen and oxygen atoms in total. The molecule has 0 unspecified atom stereocenters. The van der Waals surface area contributed by atoms with Crippen molar-refractivity contribution in [1.29, 1.82) is 0 Å². The van der Waals surface area contributed by atoms with E-state index < -0.39 is 0 Å². The minimum atomic E-state index is -0.242. The lowest BCUT2D eigenvalue weighted by Crippen LogP contribution is -2.40. The van der Waals surface area contributed by atoms with Crippen LogP contribution in [0.2, 0.25) is 0 Å². The number of benzene rings is 2. The average Bonchev–Trinajstić information content (AvgIpc) is 2.73. The minimum absolute atomic E-state index is 0.103. The molecule has 0 spiro atoms. The molecule has 0 aliphatic carbocycles. The van der Waals surface area contributed by atoms with Crippen molar-refractivity contribution in [3.8, 4) is 0 Å². The van der Waals surface area contributed by atoms with E-state index in [1.54, 1.807) is 18.2 Å². The lowest BCUT2D eigenvalue weighted by atomic mass is 9.98. The maximum Gasteiger partial charge on any atom is 0.257 e. The molecule has 3 rings (SSSR count). The van der Waals surface area contributed by atoms with E-state index in [2.05, 4.69) is 15.5 Å². The van der Waals surface area contributed by atoms with Crippen LogP contribution in [0.3, 0.4) is 0 Å². The van der Waals surface area contributed by atoms with E-state index >= 15 is 0 Å². The fourth-order valence-corrected chi connectivity index (χ4v) is 3.70. The van der Waals surface area contributed by atoms with E-state index in [0.717, 1.165) is 50.4 Å². The lowest BCUT2D eigenvalue weighted by Gasteiger charge is -2.31. The second-order valence-corrected chi connectivity index (χ2v) is 7.80. The van der Waals surface area contributed by atoms with Gasteiger partial charge in [-0.2, -0.15) is 0 Å². The quantitative estimate of drug-likeness (QED) is 0.693. The molecule has 2 aromatic carbocycles. The number of rotatable bonds is 8. The summed E-state index contributed by atoms with van der Waals surface area (Å²) in [6, 6.07) is 14.7. The Balaban J connectivity index is 1.55. The molecule has 1 saturated heterocycles. The molecule has 2 aromatic rings. The first-order valence-electron chi connectivity index (χ1n) is 10.6. The zero-order valence-corrected chi connectivity index (χ0v) is 17.8. The Kier molecular flexibility index (Phi) is 7.99. The standard InChI is InChI=1S/C24H31N3O3/c1-3-30-17-19-11-13-27(14-12-19)16-23(28)26-22-10-5-4-9-21(22)24(29)25-20-8-6-7-18(2)15-20/h4-10,15,19H,3,11-14,16-17H2,1-2H3,(H,25,29)(H,26,28). The molecule has 1 aliphatic heterocycles. The van der Waals surface area contributed by atoms with Gasteiger partial charge in [0.15, 0.2) is 0 Å². The number of ether oxygens (including phenoxy) is 1. The van der Waals surface area contributed by atoms with E-state index in [1.807, 2.05) is 44.2 Å². The predicted octanol–water partition coefficient (Wildman–Crippen LogP) is 3.93. The van der Waals surface area contributed by atoms with Crippen LogP contribution in [-0.4, -0.2) is 49.6 Å². The van der Waals surface area contributed by atoms with Gasteiger partial charge >= 0.3 is 0 Å². The highest BCUT2D eigenvalue weighted by Gasteiger charge is 2.21. The minimum Gasteiger partial charge on any atom is -0.381 e. The summed E-state index contributed by atoms with van der Waals surface area (Å²) in [5, 5.41) is 5.82. The number of para-hydroxylation sites is 1. The molecule has 0 saturated carbocycles. The number of anilines is 2. The Morgan fingerprint density at radius 2 is 1.83 bits per heavy atom. The first kappa shape index (κ1) is 22.0. The van der Waals surface area contributed by atoms with Crippen molar-refractivity contribution >= 4 is 23.2 Å². The van der Waals surface area contributed by atoms with Crippen LogP contribution >= 0.6 is 0 Å². The monoisotopic (exact) mass is 409 g/mol. The van der Waals surface area contributed by atoms with Crippen LogP contribution in [-0.2, 0) is 9.53 Å². The van der Waals surface area contributed by atoms with E-state index in [1.165, 1.54) is 0 Å². The van der Waals surface area contributed by atoms with Gasteiger partial charge in [0, 0.05) is 18.9 Å². The van der Waals surface area contributed by atoms with Crippen molar-refractivity contribution in [2.24, 2.45) is 5.92 Å². The van der Waals surface area contributed by atoms with Gasteiger partial charge in [-0.3, -0.25) is 14.5 Å². The Labute approximate surface area is 178 Å². The molecule has 1 fully saturated rings. The van der Waals surface area contributed by atoms with Crippen molar-refractivity contribution in [1.82, 2.24) is 4.90 Å². The lowest BCUT2D eigenvalue weighted by molar-refractivity contribution is -0.117. The average molecular weight is 410 g/mol. The smallest absolute Gasteiger partial charge is 0.257 e. The fraction of sp³-hybridized carbons (Fsp3) is 0.417. The second kappa shape index (κ2) is 10.9. The number of nitrogens with zero attached hydrogens (tertiary/aromatic N) is 1. The fourth-order valence-electron chi connectivity index (χ4n) is 3.70. The van der Waals surface area contributed by atoms with Gasteiger partial charge in [-0.15, -0.1) is 0 Å². The summed E-state index contributed by atoms with van der Waals surface area (Å²) in [6.45, 7) is 7.65. The zero-order valence-electron chi connectivity index (χ0n) is 17.8. The van der Waals surface area contributed by atoms with Gasteiger partial charge in [0.25, 0.3) is 5.91 Å². The van der Waals surface area contributed by atoms with E-state index in [4.69, 9.17) is 4.74 Å². The van der Waals surface area contributed by atoms with E-state index in [-0.39, 0.29) is 11.8 Å². The van der Waals surface area contributed by atoms with Crippen molar-refractivity contribution in [3.05, 3.63) is 59.7 Å². The molecular formula is C24H31N3O3. The van der Waals surface area contributed by atoms with Gasteiger partial charge in [-0.25, -0.2) is 0 Å². The third-order valence-corrected chi connectivity index (χ3v) is 5.35. The van der Waals surface area contributed by atoms with Crippen molar-refractivity contribution in [2.45, 2.75) is 26.7 Å². The summed E-state index contributed by atoms with van der Waals surface area (Å²) in [4.78, 5) is 27.5. The van der Waals surface area contributed by atoms with Gasteiger partial charge in [-0.1, -0.05) is 24.3 Å². The van der Waals surface area contributed by atoms with Crippen LogP contribution in [0.25, 0.3) is 0 Å². The number of aryl methyl sites for hydroxylation is 1. The summed E-state index contributed by atoms with van der Waals surface area (Å²) < 4.78 is 5.52. The van der Waals surface area contributed by atoms with Gasteiger partial charge < -0.3 is 15.4 Å². The molecule has 0 aromatic heterocycles. The van der Waals surface area contributed by atoms with Crippen molar-refractivity contribution < 1.29 is 14.3 Å². The van der Waals surface area contributed by atoms with Crippen LogP contribution in [0.1, 0.15) is 35.7 Å². The summed E-state index contributed by atoms with van der Waals surface area (Å²) in [6.07, 6.45) is 2.09. The zero-order chi connectivity index (χ0) is 21.3. The topological polar surface area (TPSA) is 70.7 Å². The predicted molar refractivity (Wildman–Crippen MR) is 120 cm³/mol. The Bertz CT molecular complexity index is 860. The van der Waals surface area contributed by atoms with Gasteiger partial charge in [0.05, 0.1) is 17.8 Å². The highest BCUT2D eigenvalue weighted by atomic mass is 16.5. The maximum atomic E-state index is 12.8. The maximum absolute atomic E-state index is 12.8. The van der Waals surface area contributed by atoms with Crippen LogP contribution in [0.4, 0.5) is 11.4 Å². The molecule has 0 atom stereocenters. The molecule has 0 bridgehead atoms. The highest BCUT2D eigenvalue weighted by molar-refractivity contribution is 6.10. The summed E-state index contributed by atoms with van der Waals surface area (Å²) in [7, 11) is 0. The van der Waals surface area contributed by atoms with Crippen molar-refractivity contribution in [2.75, 3.05) is 43.5 Å². The molecule has 30 heavy (non-hydrogen) atoms. The largest absolute Gasteiger partial charge is 0.381 e. The SMILES string of the molecule is CCOCC1CCN(CC(=O)Nc2ccccc2C(=O)Nc2cccc(C)c2)CC1. The number of hydrogen-bond donors (Lipinski definition) is 2. The molecule has 1 aliphatic rings. The van der Waals surface area contributed by atoms with Gasteiger partial charge in [-0.05, 0) is 75.5 Å². The van der Waals surface area contributed by atoms with Crippen molar-refractivity contribution in [3.63, 3.8) is 0 Å². The number of carbonyl (C=O) groups excluding carboxylic acids is 2. The summed E-state index contributed by atoms with van der Waals surface area (Å²) >= 11 is 0. The number of amides is 2. The van der Waals surface area contributed by atoms with Crippen LogP contribution in [0.15, 0.2) is 48.5 Å². The second-order valence-electron chi connectivity index (χ2n) is 7.80. The molecule has 6 heteroatoms. The molecule has 1 heterocycles. The molecular weight excluding hydrogens is 378 g/mol. The van der Waals surface area contributed by atoms with Gasteiger partial charge in [0.1, 0.15) is 0 Å². The number of likely N-dealkylation sites (tertiary alicyclic amines) is 1. The highest BCUT2D eigenvalue weighted by Crippen LogP contribution is 2.20. The summed E-state index contributed by atoms with van der Waals surface area (Å²) in [5.41, 5.74) is 2.78. The van der Waals surface area contributed by atoms with Crippen LogP contribution < -0.4 is 10.6 Å². The Morgan fingerprint density at radius 3 is 2.57 bits per heavy atom. The molecule has 160 valence electrons. The van der Waals surface area contributed by atoms with Gasteiger partial charge in [0.2, 0.25) is 5.91 Å². The third kappa shape index (κ3) is 6.40. The number of carbonyl (C=O) groups is 2. The normalized spacial score (nSPS) is 15.0. The Hall–Kier alpha value is -2.70. The van der Waals surface area contributed by atoms with Crippen LogP contribution in [0, 0.1) is 12.8 Å². The molecule has 2 N–H and O–H groups in total. The van der Waals surface area contributed by atoms with E-state index in [0.29, 0.717) is 23.7 Å². The number of hydrogen-bond acceptors (Lipinski definition) is 4. The first-order chi connectivity index (χ1) is 14.5. The molecule has 2 amide bonds. The summed E-state index contributed by atoms with van der Waals surface area (Å²) in [5.74, 6) is 0.234. The first-order valence-corrected chi connectivity index (χ1v) is 10.6. The molecule has 0 radical (unpaired) electrons.